The first-order valence-electron chi connectivity index (χ1n) is 9.46. The van der Waals surface area contributed by atoms with E-state index in [9.17, 15) is 9.59 Å². The number of hydrogen-bond acceptors (Lipinski definition) is 7. The van der Waals surface area contributed by atoms with E-state index in [4.69, 9.17) is 4.42 Å². The Morgan fingerprint density at radius 1 is 1.22 bits per heavy atom. The van der Waals surface area contributed by atoms with Gasteiger partial charge in [-0.3, -0.25) is 9.59 Å². The topological polar surface area (TPSA) is 97.1 Å². The summed E-state index contributed by atoms with van der Waals surface area (Å²) < 4.78 is 5.49. The molecule has 0 aromatic carbocycles. The summed E-state index contributed by atoms with van der Waals surface area (Å²) in [6.07, 6.45) is 5.72. The summed E-state index contributed by atoms with van der Waals surface area (Å²) in [7, 11) is 1.87. The van der Waals surface area contributed by atoms with E-state index in [2.05, 4.69) is 20.8 Å². The third-order valence-corrected chi connectivity index (χ3v) is 5.33. The molecule has 1 aromatic heterocycles. The molecule has 1 saturated carbocycles. The van der Waals surface area contributed by atoms with E-state index in [1.54, 1.807) is 0 Å². The minimum atomic E-state index is -0.611. The Labute approximate surface area is 171 Å². The minimum Gasteiger partial charge on any atom is -0.408 e. The molecule has 1 atom stereocenters. The fourth-order valence-corrected chi connectivity index (χ4v) is 3.83. The molecule has 2 rings (SSSR count). The molecular formula is C18H31ClN4O3S. The number of rotatable bonds is 10. The highest BCUT2D eigenvalue weighted by atomic mass is 35.5. The van der Waals surface area contributed by atoms with Gasteiger partial charge in [0.1, 0.15) is 0 Å². The second kappa shape index (κ2) is 12.4. The van der Waals surface area contributed by atoms with Crippen molar-refractivity contribution in [1.29, 1.82) is 0 Å². The van der Waals surface area contributed by atoms with E-state index in [-0.39, 0.29) is 41.8 Å². The molecule has 1 amide bonds. The van der Waals surface area contributed by atoms with E-state index in [1.165, 1.54) is 18.2 Å². The molecule has 9 heteroatoms. The molecule has 1 aromatic rings. The molecule has 154 valence electrons. The molecule has 1 fully saturated rings. The van der Waals surface area contributed by atoms with Gasteiger partial charge in [0, 0.05) is 18.2 Å². The van der Waals surface area contributed by atoms with Gasteiger partial charge in [-0.2, -0.15) is 0 Å². The number of carbonyl (C=O) groups excluding carboxylic acids is 2. The van der Waals surface area contributed by atoms with Crippen LogP contribution in [0.1, 0.15) is 63.1 Å². The molecule has 0 saturated heterocycles. The number of nitrogens with one attached hydrogen (secondary N) is 2. The van der Waals surface area contributed by atoms with E-state index >= 15 is 0 Å². The number of hydrogen-bond donors (Lipinski definition) is 2. The highest BCUT2D eigenvalue weighted by Gasteiger charge is 2.30. The number of amides is 1. The summed E-state index contributed by atoms with van der Waals surface area (Å²) in [6, 6.07) is -0.611. The third-order valence-electron chi connectivity index (χ3n) is 4.51. The van der Waals surface area contributed by atoms with Crippen LogP contribution in [0.15, 0.2) is 9.64 Å². The normalized spacial score (nSPS) is 16.0. The quantitative estimate of drug-likeness (QED) is 0.342. The molecular weight excluding hydrogens is 388 g/mol. The van der Waals surface area contributed by atoms with E-state index < -0.39 is 6.04 Å². The minimum absolute atomic E-state index is 0. The van der Waals surface area contributed by atoms with Gasteiger partial charge in [0.2, 0.25) is 11.7 Å². The van der Waals surface area contributed by atoms with Gasteiger partial charge in [0.15, 0.2) is 0 Å². The van der Waals surface area contributed by atoms with Gasteiger partial charge in [-0.1, -0.05) is 44.9 Å². The molecule has 0 bridgehead atoms. The van der Waals surface area contributed by atoms with Crippen molar-refractivity contribution in [2.75, 3.05) is 19.3 Å². The predicted octanol–water partition coefficient (Wildman–Crippen LogP) is 3.10. The SMILES string of the molecule is CNCCSc1nnc(C(=O)[C@H](CC(C)C)NC(=O)C2CCCCC2)o1.Cl. The van der Waals surface area contributed by atoms with Crippen LogP contribution in [0.25, 0.3) is 0 Å². The molecule has 0 radical (unpaired) electrons. The van der Waals surface area contributed by atoms with Crippen LogP contribution in [0.2, 0.25) is 0 Å². The average molecular weight is 419 g/mol. The fourth-order valence-electron chi connectivity index (χ4n) is 3.11. The number of thioether (sulfide) groups is 1. The van der Waals surface area contributed by atoms with E-state index in [0.717, 1.165) is 38.0 Å². The first kappa shape index (κ1) is 23.9. The van der Waals surface area contributed by atoms with Crippen LogP contribution in [0, 0.1) is 11.8 Å². The van der Waals surface area contributed by atoms with Crippen molar-refractivity contribution in [3.05, 3.63) is 5.89 Å². The summed E-state index contributed by atoms with van der Waals surface area (Å²) in [5.74, 6) is 0.721. The van der Waals surface area contributed by atoms with Crippen LogP contribution in [0.3, 0.4) is 0 Å². The van der Waals surface area contributed by atoms with Crippen molar-refractivity contribution in [2.24, 2.45) is 11.8 Å². The van der Waals surface area contributed by atoms with Gasteiger partial charge in [0.25, 0.3) is 11.1 Å². The van der Waals surface area contributed by atoms with Gasteiger partial charge in [0.05, 0.1) is 6.04 Å². The number of Topliss-reactive ketones (excluding diaryl/α,β-unsaturated/α-hetero) is 1. The molecule has 0 aliphatic heterocycles. The predicted molar refractivity (Wildman–Crippen MR) is 108 cm³/mol. The maximum absolute atomic E-state index is 12.8. The van der Waals surface area contributed by atoms with Crippen LogP contribution < -0.4 is 10.6 Å². The lowest BCUT2D eigenvalue weighted by Crippen LogP contribution is -2.45. The van der Waals surface area contributed by atoms with E-state index in [1.807, 2.05) is 20.9 Å². The second-order valence-electron chi connectivity index (χ2n) is 7.22. The number of halogens is 1. The number of carbonyl (C=O) groups is 2. The van der Waals surface area contributed by atoms with Crippen molar-refractivity contribution < 1.29 is 14.0 Å². The van der Waals surface area contributed by atoms with Crippen molar-refractivity contribution in [2.45, 2.75) is 63.6 Å². The van der Waals surface area contributed by atoms with Gasteiger partial charge in [-0.05, 0) is 32.2 Å². The van der Waals surface area contributed by atoms with Crippen molar-refractivity contribution in [3.63, 3.8) is 0 Å². The molecule has 1 aliphatic rings. The summed E-state index contributed by atoms with van der Waals surface area (Å²) >= 11 is 1.40. The Morgan fingerprint density at radius 2 is 1.93 bits per heavy atom. The first-order chi connectivity index (χ1) is 12.5. The van der Waals surface area contributed by atoms with Crippen LogP contribution in [0.5, 0.6) is 0 Å². The zero-order valence-corrected chi connectivity index (χ0v) is 18.0. The maximum atomic E-state index is 12.8. The molecule has 7 nitrogen and oxygen atoms in total. The monoisotopic (exact) mass is 418 g/mol. The summed E-state index contributed by atoms with van der Waals surface area (Å²) in [6.45, 7) is 4.86. The van der Waals surface area contributed by atoms with Gasteiger partial charge in [-0.25, -0.2) is 0 Å². The second-order valence-corrected chi connectivity index (χ2v) is 8.26. The van der Waals surface area contributed by atoms with Crippen LogP contribution in [-0.4, -0.2) is 47.3 Å². The molecule has 27 heavy (non-hydrogen) atoms. The number of aromatic nitrogens is 2. The van der Waals surface area contributed by atoms with Gasteiger partial charge < -0.3 is 15.1 Å². The van der Waals surface area contributed by atoms with Crippen LogP contribution >= 0.6 is 24.2 Å². The maximum Gasteiger partial charge on any atom is 0.286 e. The van der Waals surface area contributed by atoms with Crippen LogP contribution in [0.4, 0.5) is 0 Å². The highest BCUT2D eigenvalue weighted by molar-refractivity contribution is 7.99. The van der Waals surface area contributed by atoms with Crippen LogP contribution in [-0.2, 0) is 4.79 Å². The Balaban J connectivity index is 0.00000364. The lowest BCUT2D eigenvalue weighted by Gasteiger charge is -2.24. The third kappa shape index (κ3) is 7.79. The summed E-state index contributed by atoms with van der Waals surface area (Å²) in [5, 5.41) is 14.2. The molecule has 1 heterocycles. The summed E-state index contributed by atoms with van der Waals surface area (Å²) in [5.41, 5.74) is 0. The van der Waals surface area contributed by atoms with Crippen molar-refractivity contribution in [3.8, 4) is 0 Å². The zero-order chi connectivity index (χ0) is 18.9. The Morgan fingerprint density at radius 3 is 2.56 bits per heavy atom. The molecule has 0 unspecified atom stereocenters. The lowest BCUT2D eigenvalue weighted by atomic mass is 9.88. The average Bonchev–Trinajstić information content (AvgIpc) is 3.10. The Hall–Kier alpha value is -1.12. The lowest BCUT2D eigenvalue weighted by molar-refractivity contribution is -0.126. The molecule has 0 spiro atoms. The van der Waals surface area contributed by atoms with E-state index in [0.29, 0.717) is 11.6 Å². The Kier molecular flexibility index (Phi) is 10.9. The number of nitrogens with zero attached hydrogens (tertiary/aromatic N) is 2. The Bertz CT molecular complexity index is 591. The number of ketones is 1. The zero-order valence-electron chi connectivity index (χ0n) is 16.3. The van der Waals surface area contributed by atoms with Gasteiger partial charge >= 0.3 is 0 Å². The van der Waals surface area contributed by atoms with Gasteiger partial charge in [-0.15, -0.1) is 22.6 Å². The van der Waals surface area contributed by atoms with Crippen molar-refractivity contribution >= 4 is 35.9 Å². The molecule has 2 N–H and O–H groups in total. The first-order valence-corrected chi connectivity index (χ1v) is 10.4. The van der Waals surface area contributed by atoms with Crippen molar-refractivity contribution in [1.82, 2.24) is 20.8 Å². The fraction of sp³-hybridized carbons (Fsp3) is 0.778. The highest BCUT2D eigenvalue weighted by Crippen LogP contribution is 2.24. The molecule has 1 aliphatic carbocycles. The largest absolute Gasteiger partial charge is 0.408 e. The summed E-state index contributed by atoms with van der Waals surface area (Å²) in [4.78, 5) is 25.4. The standard InChI is InChI=1S/C18H30N4O3S.ClH/c1-12(2)11-14(20-16(24)13-7-5-4-6-8-13)15(23)17-21-22-18(25-17)26-10-9-19-3;/h12-14,19H,4-11H2,1-3H3,(H,20,24);1H/t14-;/m0./s1. The smallest absolute Gasteiger partial charge is 0.286 e.